The van der Waals surface area contributed by atoms with Crippen LogP contribution in [0.2, 0.25) is 5.28 Å². The van der Waals surface area contributed by atoms with Gasteiger partial charge in [0.25, 0.3) is 0 Å². The number of nitrogens with one attached hydrogen (secondary N) is 1. The van der Waals surface area contributed by atoms with Gasteiger partial charge in [0.1, 0.15) is 0 Å². The first-order valence-corrected chi connectivity index (χ1v) is 6.10. The molecule has 1 saturated carbocycles. The molecule has 0 aromatic carbocycles. The summed E-state index contributed by atoms with van der Waals surface area (Å²) < 4.78 is 0. The van der Waals surface area contributed by atoms with Crippen LogP contribution in [0.1, 0.15) is 31.4 Å². The molecule has 1 aliphatic rings. The fraction of sp³-hybridized carbons (Fsp3) is 0.636. The van der Waals surface area contributed by atoms with Gasteiger partial charge in [0.05, 0.1) is 5.69 Å². The number of aromatic nitrogens is 2. The van der Waals surface area contributed by atoms with Crippen LogP contribution in [0.4, 0.5) is 0 Å². The second-order valence-electron chi connectivity index (χ2n) is 4.25. The molecule has 0 radical (unpaired) electrons. The molecule has 0 spiro atoms. The molecule has 5 heteroatoms. The lowest BCUT2D eigenvalue weighted by molar-refractivity contribution is 0.325. The van der Waals surface area contributed by atoms with E-state index in [9.17, 15) is 0 Å². The average Bonchev–Trinajstić information content (AvgIpc) is 2.28. The van der Waals surface area contributed by atoms with Gasteiger partial charge in [-0.2, -0.15) is 0 Å². The normalized spacial score (nSPS) is 25.6. The molecule has 1 aliphatic carbocycles. The lowest BCUT2D eigenvalue weighted by Crippen LogP contribution is -2.46. The number of halogens is 1. The van der Waals surface area contributed by atoms with Crippen molar-refractivity contribution >= 4 is 11.6 Å². The van der Waals surface area contributed by atoms with Gasteiger partial charge in [0.15, 0.2) is 0 Å². The second kappa shape index (κ2) is 5.57. The van der Waals surface area contributed by atoms with Gasteiger partial charge in [-0.25, -0.2) is 9.97 Å². The van der Waals surface area contributed by atoms with E-state index in [1.54, 1.807) is 6.20 Å². The van der Waals surface area contributed by atoms with Crippen molar-refractivity contribution in [3.05, 3.63) is 23.2 Å². The Morgan fingerprint density at radius 1 is 1.44 bits per heavy atom. The van der Waals surface area contributed by atoms with Crippen LogP contribution in [0.25, 0.3) is 0 Å². The van der Waals surface area contributed by atoms with E-state index in [-0.39, 0.29) is 6.04 Å². The summed E-state index contributed by atoms with van der Waals surface area (Å²) in [5.41, 5.74) is 6.97. The van der Waals surface area contributed by atoms with Gasteiger partial charge in [-0.1, -0.05) is 12.8 Å². The van der Waals surface area contributed by atoms with Gasteiger partial charge < -0.3 is 11.1 Å². The molecule has 1 aromatic rings. The molecule has 1 fully saturated rings. The van der Waals surface area contributed by atoms with Gasteiger partial charge in [0, 0.05) is 24.8 Å². The summed E-state index contributed by atoms with van der Waals surface area (Å²) in [7, 11) is 0. The Labute approximate surface area is 101 Å². The first-order valence-electron chi connectivity index (χ1n) is 5.72. The summed E-state index contributed by atoms with van der Waals surface area (Å²) in [5, 5.41) is 3.74. The largest absolute Gasteiger partial charge is 0.326 e. The zero-order valence-electron chi connectivity index (χ0n) is 9.19. The highest BCUT2D eigenvalue weighted by atomic mass is 35.5. The van der Waals surface area contributed by atoms with Crippen LogP contribution in [0.5, 0.6) is 0 Å². The summed E-state index contributed by atoms with van der Waals surface area (Å²) >= 11 is 5.72. The molecule has 1 aromatic heterocycles. The van der Waals surface area contributed by atoms with E-state index in [0.717, 1.165) is 18.5 Å². The molecule has 1 heterocycles. The summed E-state index contributed by atoms with van der Waals surface area (Å²) in [6, 6.07) is 2.54. The molecule has 0 bridgehead atoms. The Hall–Kier alpha value is -0.710. The zero-order chi connectivity index (χ0) is 11.4. The fourth-order valence-electron chi connectivity index (χ4n) is 2.12. The van der Waals surface area contributed by atoms with Gasteiger partial charge in [0.2, 0.25) is 5.28 Å². The second-order valence-corrected chi connectivity index (χ2v) is 4.59. The molecule has 0 aliphatic heterocycles. The van der Waals surface area contributed by atoms with Crippen molar-refractivity contribution in [1.82, 2.24) is 15.3 Å². The zero-order valence-corrected chi connectivity index (χ0v) is 9.95. The highest BCUT2D eigenvalue weighted by Gasteiger charge is 2.20. The van der Waals surface area contributed by atoms with Gasteiger partial charge in [-0.15, -0.1) is 0 Å². The molecule has 4 nitrogen and oxygen atoms in total. The van der Waals surface area contributed by atoms with E-state index in [4.69, 9.17) is 17.3 Å². The standard InChI is InChI=1S/C11H17ClN4/c12-11-14-6-5-8(16-11)7-15-10-4-2-1-3-9(10)13/h5-6,9-10,15H,1-4,7,13H2/t9-,10-/m1/s1. The molecular weight excluding hydrogens is 224 g/mol. The topological polar surface area (TPSA) is 63.8 Å². The van der Waals surface area contributed by atoms with Crippen LogP contribution in [0.15, 0.2) is 12.3 Å². The Balaban J connectivity index is 1.86. The van der Waals surface area contributed by atoms with E-state index in [2.05, 4.69) is 15.3 Å². The molecule has 16 heavy (non-hydrogen) atoms. The van der Waals surface area contributed by atoms with Gasteiger partial charge >= 0.3 is 0 Å². The third kappa shape index (κ3) is 3.14. The van der Waals surface area contributed by atoms with Crippen molar-refractivity contribution in [3.8, 4) is 0 Å². The minimum Gasteiger partial charge on any atom is -0.326 e. The van der Waals surface area contributed by atoms with Crippen LogP contribution in [-0.4, -0.2) is 22.1 Å². The Morgan fingerprint density at radius 3 is 3.00 bits per heavy atom. The van der Waals surface area contributed by atoms with Crippen LogP contribution in [0.3, 0.4) is 0 Å². The van der Waals surface area contributed by atoms with Crippen LogP contribution >= 0.6 is 11.6 Å². The molecule has 0 unspecified atom stereocenters. The minimum absolute atomic E-state index is 0.269. The molecule has 3 N–H and O–H groups in total. The monoisotopic (exact) mass is 240 g/mol. The SMILES string of the molecule is N[C@@H]1CCCC[C@H]1NCc1ccnc(Cl)n1. The van der Waals surface area contributed by atoms with Crippen molar-refractivity contribution in [2.45, 2.75) is 44.3 Å². The van der Waals surface area contributed by atoms with Crippen molar-refractivity contribution in [1.29, 1.82) is 0 Å². The Kier molecular flexibility index (Phi) is 4.09. The van der Waals surface area contributed by atoms with E-state index in [1.807, 2.05) is 6.07 Å². The molecule has 2 atom stereocenters. The van der Waals surface area contributed by atoms with Gasteiger partial charge in [-0.3, -0.25) is 0 Å². The van der Waals surface area contributed by atoms with Crippen LogP contribution < -0.4 is 11.1 Å². The average molecular weight is 241 g/mol. The number of nitrogens with zero attached hydrogens (tertiary/aromatic N) is 2. The van der Waals surface area contributed by atoms with Crippen molar-refractivity contribution in [3.63, 3.8) is 0 Å². The van der Waals surface area contributed by atoms with E-state index in [0.29, 0.717) is 17.9 Å². The number of hydrogen-bond donors (Lipinski definition) is 2. The fourth-order valence-corrected chi connectivity index (χ4v) is 2.28. The number of hydrogen-bond acceptors (Lipinski definition) is 4. The summed E-state index contributed by atoms with van der Waals surface area (Å²) in [6.45, 7) is 0.709. The third-order valence-corrected chi connectivity index (χ3v) is 3.23. The molecule has 0 saturated heterocycles. The molecular formula is C11H17ClN4. The van der Waals surface area contributed by atoms with Crippen LogP contribution in [-0.2, 0) is 6.54 Å². The maximum Gasteiger partial charge on any atom is 0.222 e. The van der Waals surface area contributed by atoms with E-state index < -0.39 is 0 Å². The first kappa shape index (κ1) is 11.8. The number of rotatable bonds is 3. The lowest BCUT2D eigenvalue weighted by atomic mass is 9.91. The molecule has 88 valence electrons. The summed E-state index contributed by atoms with van der Waals surface area (Å²) in [6.07, 6.45) is 6.45. The van der Waals surface area contributed by atoms with Gasteiger partial charge in [-0.05, 0) is 30.5 Å². The lowest BCUT2D eigenvalue weighted by Gasteiger charge is -2.29. The van der Waals surface area contributed by atoms with Crippen LogP contribution in [0, 0.1) is 0 Å². The van der Waals surface area contributed by atoms with Crippen molar-refractivity contribution in [2.75, 3.05) is 0 Å². The quantitative estimate of drug-likeness (QED) is 0.786. The summed E-state index contributed by atoms with van der Waals surface area (Å²) in [4.78, 5) is 7.99. The minimum atomic E-state index is 0.269. The highest BCUT2D eigenvalue weighted by Crippen LogP contribution is 2.17. The van der Waals surface area contributed by atoms with E-state index >= 15 is 0 Å². The van der Waals surface area contributed by atoms with Crippen molar-refractivity contribution < 1.29 is 0 Å². The maximum absolute atomic E-state index is 6.05. The highest BCUT2D eigenvalue weighted by molar-refractivity contribution is 6.28. The maximum atomic E-state index is 6.05. The molecule has 2 rings (SSSR count). The summed E-state index contributed by atoms with van der Waals surface area (Å²) in [5.74, 6) is 0. The molecule has 0 amide bonds. The first-order chi connectivity index (χ1) is 7.75. The van der Waals surface area contributed by atoms with Crippen molar-refractivity contribution in [2.24, 2.45) is 5.73 Å². The smallest absolute Gasteiger partial charge is 0.222 e. The Bertz CT molecular complexity index is 345. The number of nitrogens with two attached hydrogens (primary N) is 1. The predicted octanol–water partition coefficient (Wildman–Crippen LogP) is 1.49. The Morgan fingerprint density at radius 2 is 2.25 bits per heavy atom. The predicted molar refractivity (Wildman–Crippen MR) is 64.1 cm³/mol. The third-order valence-electron chi connectivity index (χ3n) is 3.05. The van der Waals surface area contributed by atoms with E-state index in [1.165, 1.54) is 12.8 Å².